The molecule has 0 bridgehead atoms. The van der Waals surface area contributed by atoms with Gasteiger partial charge in [-0.2, -0.15) is 18.4 Å². The van der Waals surface area contributed by atoms with E-state index in [1.165, 1.54) is 24.3 Å². The minimum atomic E-state index is -5.02. The lowest BCUT2D eigenvalue weighted by Gasteiger charge is -2.18. The second kappa shape index (κ2) is 10.2. The fourth-order valence-electron chi connectivity index (χ4n) is 2.72. The van der Waals surface area contributed by atoms with Crippen LogP contribution in [0, 0.1) is 17.1 Å². The highest BCUT2D eigenvalue weighted by Gasteiger charge is 2.36. The zero-order valence-corrected chi connectivity index (χ0v) is 17.1. The predicted molar refractivity (Wildman–Crippen MR) is 105 cm³/mol. The molecule has 0 fully saturated rings. The Bertz CT molecular complexity index is 1130. The maximum Gasteiger partial charge on any atom is 0.419 e. The highest BCUT2D eigenvalue weighted by atomic mass is 32.2. The van der Waals surface area contributed by atoms with Gasteiger partial charge in [0.05, 0.1) is 23.1 Å². The van der Waals surface area contributed by atoms with E-state index in [2.05, 4.69) is 10.6 Å². The first kappa shape index (κ1) is 24.8. The molecule has 0 aliphatic carbocycles. The summed E-state index contributed by atoms with van der Waals surface area (Å²) in [5.74, 6) is -5.68. The van der Waals surface area contributed by atoms with Crippen molar-refractivity contribution in [1.29, 1.82) is 5.26 Å². The number of amides is 2. The quantitative estimate of drug-likeness (QED) is 0.452. The van der Waals surface area contributed by atoms with Crippen molar-refractivity contribution in [2.75, 3.05) is 12.3 Å². The summed E-state index contributed by atoms with van der Waals surface area (Å²) in [5.41, 5.74) is -2.23. The second-order valence-electron chi connectivity index (χ2n) is 6.60. The van der Waals surface area contributed by atoms with E-state index < -0.39 is 68.9 Å². The summed E-state index contributed by atoms with van der Waals surface area (Å²) >= 11 is 0. The molecule has 0 unspecified atom stereocenters. The molecule has 0 aliphatic heterocycles. The fraction of sp³-hybridized carbons (Fsp3) is 0.250. The Morgan fingerprint density at radius 2 is 1.72 bits per heavy atom. The van der Waals surface area contributed by atoms with Crippen LogP contribution in [0.5, 0.6) is 0 Å². The minimum absolute atomic E-state index is 0.118. The molecule has 2 rings (SSSR count). The van der Waals surface area contributed by atoms with Crippen LogP contribution in [-0.2, 0) is 26.6 Å². The van der Waals surface area contributed by atoms with Crippen molar-refractivity contribution < 1.29 is 35.6 Å². The lowest BCUT2D eigenvalue weighted by Crippen LogP contribution is -2.50. The molecule has 32 heavy (non-hydrogen) atoms. The van der Waals surface area contributed by atoms with Crippen molar-refractivity contribution in [1.82, 2.24) is 10.6 Å². The van der Waals surface area contributed by atoms with E-state index in [4.69, 9.17) is 5.26 Å². The Morgan fingerprint density at radius 3 is 2.31 bits per heavy atom. The number of carbonyl (C=O) groups is 2. The first-order chi connectivity index (χ1) is 14.9. The van der Waals surface area contributed by atoms with Crippen LogP contribution in [0.3, 0.4) is 0 Å². The van der Waals surface area contributed by atoms with E-state index in [1.54, 1.807) is 12.1 Å². The zero-order chi connectivity index (χ0) is 23.9. The van der Waals surface area contributed by atoms with Crippen molar-refractivity contribution in [3.8, 4) is 6.07 Å². The van der Waals surface area contributed by atoms with Gasteiger partial charge in [-0.05, 0) is 18.2 Å². The van der Waals surface area contributed by atoms with Crippen LogP contribution in [0.1, 0.15) is 21.5 Å². The summed E-state index contributed by atoms with van der Waals surface area (Å²) in [6.45, 7) is -0.473. The van der Waals surface area contributed by atoms with Gasteiger partial charge in [-0.3, -0.25) is 9.59 Å². The third-order valence-electron chi connectivity index (χ3n) is 4.18. The average molecular weight is 471 g/mol. The molecule has 2 aromatic rings. The summed E-state index contributed by atoms with van der Waals surface area (Å²) < 4.78 is 78.0. The largest absolute Gasteiger partial charge is 0.419 e. The van der Waals surface area contributed by atoms with Gasteiger partial charge in [0, 0.05) is 11.1 Å². The van der Waals surface area contributed by atoms with Gasteiger partial charge in [-0.15, -0.1) is 0 Å². The molecular formula is C20H17F4N3O4S. The smallest absolute Gasteiger partial charge is 0.341 e. The summed E-state index contributed by atoms with van der Waals surface area (Å²) in [6, 6.07) is 9.69. The Kier molecular flexibility index (Phi) is 7.93. The molecule has 0 radical (unpaired) electrons. The maximum absolute atomic E-state index is 14.2. The van der Waals surface area contributed by atoms with Gasteiger partial charge in [0.15, 0.2) is 9.84 Å². The Hall–Kier alpha value is -3.46. The van der Waals surface area contributed by atoms with Gasteiger partial charge in [0.2, 0.25) is 5.91 Å². The molecule has 0 aromatic heterocycles. The van der Waals surface area contributed by atoms with E-state index in [1.807, 2.05) is 0 Å². The van der Waals surface area contributed by atoms with Crippen molar-refractivity contribution in [3.63, 3.8) is 0 Å². The highest BCUT2D eigenvalue weighted by molar-refractivity contribution is 7.90. The summed E-state index contributed by atoms with van der Waals surface area (Å²) in [5, 5.41) is 12.9. The number of hydrogen-bond donors (Lipinski definition) is 2. The number of nitrogens with one attached hydrogen (secondary N) is 2. The van der Waals surface area contributed by atoms with Crippen molar-refractivity contribution in [2.24, 2.45) is 0 Å². The lowest BCUT2D eigenvalue weighted by molar-refractivity contribution is -0.140. The number of alkyl halides is 3. The molecule has 170 valence electrons. The number of halogens is 4. The van der Waals surface area contributed by atoms with Crippen LogP contribution in [-0.4, -0.2) is 38.6 Å². The summed E-state index contributed by atoms with van der Waals surface area (Å²) in [7, 11) is -4.38. The van der Waals surface area contributed by atoms with Crippen LogP contribution >= 0.6 is 0 Å². The number of carbonyl (C=O) groups excluding carboxylic acids is 2. The van der Waals surface area contributed by atoms with E-state index >= 15 is 0 Å². The van der Waals surface area contributed by atoms with Crippen molar-refractivity contribution in [2.45, 2.75) is 18.0 Å². The van der Waals surface area contributed by atoms with Crippen LogP contribution in [0.25, 0.3) is 0 Å². The number of nitrogens with zero attached hydrogens (tertiary/aromatic N) is 1. The molecule has 2 N–H and O–H groups in total. The molecule has 0 aliphatic rings. The minimum Gasteiger partial charge on any atom is -0.341 e. The molecule has 12 heteroatoms. The molecule has 7 nitrogen and oxygen atoms in total. The number of nitriles is 1. The van der Waals surface area contributed by atoms with Crippen molar-refractivity contribution >= 4 is 21.7 Å². The third-order valence-corrected chi connectivity index (χ3v) is 5.77. The molecule has 0 saturated carbocycles. The van der Waals surface area contributed by atoms with Crippen LogP contribution in [0.4, 0.5) is 17.6 Å². The first-order valence-corrected chi connectivity index (χ1v) is 10.8. The van der Waals surface area contributed by atoms with E-state index in [-0.39, 0.29) is 5.56 Å². The van der Waals surface area contributed by atoms with Gasteiger partial charge < -0.3 is 10.6 Å². The van der Waals surface area contributed by atoms with Gasteiger partial charge in [-0.25, -0.2) is 12.8 Å². The van der Waals surface area contributed by atoms with E-state index in [9.17, 15) is 35.6 Å². The standard InChI is InChI=1S/C20H17F4N3O4S/c21-17-14(7-4-8-15(17)20(22,23)24)11-32(30,31)12-16(19(29)26-10-9-25)27-18(28)13-5-2-1-3-6-13/h1-8,16H,10-12H2,(H,26,29)(H,27,28)/t16-/m0/s1. The summed E-state index contributed by atoms with van der Waals surface area (Å²) in [6.07, 6.45) is -5.02. The first-order valence-electron chi connectivity index (χ1n) is 9.00. The van der Waals surface area contributed by atoms with Crippen LogP contribution < -0.4 is 10.6 Å². The number of sulfone groups is 1. The zero-order valence-electron chi connectivity index (χ0n) is 16.3. The predicted octanol–water partition coefficient (Wildman–Crippen LogP) is 2.20. The van der Waals surface area contributed by atoms with Crippen LogP contribution in [0.15, 0.2) is 48.5 Å². The van der Waals surface area contributed by atoms with Gasteiger partial charge in [-0.1, -0.05) is 30.3 Å². The fourth-order valence-corrected chi connectivity index (χ4v) is 4.28. The second-order valence-corrected chi connectivity index (χ2v) is 8.71. The molecule has 0 spiro atoms. The summed E-state index contributed by atoms with van der Waals surface area (Å²) in [4.78, 5) is 24.6. The van der Waals surface area contributed by atoms with Crippen LogP contribution in [0.2, 0.25) is 0 Å². The molecular weight excluding hydrogens is 454 g/mol. The van der Waals surface area contributed by atoms with Gasteiger partial charge in [0.25, 0.3) is 5.91 Å². The molecule has 0 saturated heterocycles. The third kappa shape index (κ3) is 6.78. The maximum atomic E-state index is 14.2. The molecule has 0 heterocycles. The number of benzene rings is 2. The Balaban J connectivity index is 2.27. The SMILES string of the molecule is N#CCNC(=O)[C@H](CS(=O)(=O)Cc1cccc(C(F)(F)F)c1F)NC(=O)c1ccccc1. The average Bonchev–Trinajstić information content (AvgIpc) is 2.72. The van der Waals surface area contributed by atoms with Gasteiger partial charge >= 0.3 is 6.18 Å². The number of rotatable bonds is 8. The topological polar surface area (TPSA) is 116 Å². The molecule has 1 atom stereocenters. The van der Waals surface area contributed by atoms with E-state index in [0.717, 1.165) is 12.1 Å². The van der Waals surface area contributed by atoms with E-state index in [0.29, 0.717) is 6.07 Å². The van der Waals surface area contributed by atoms with Crippen molar-refractivity contribution in [3.05, 3.63) is 71.0 Å². The highest BCUT2D eigenvalue weighted by Crippen LogP contribution is 2.32. The Morgan fingerprint density at radius 1 is 1.06 bits per heavy atom. The Labute approximate surface area is 181 Å². The normalized spacial score (nSPS) is 12.5. The molecule has 2 aromatic carbocycles. The van der Waals surface area contributed by atoms with Gasteiger partial charge in [0.1, 0.15) is 18.4 Å². The monoisotopic (exact) mass is 471 g/mol. The number of hydrogen-bond acceptors (Lipinski definition) is 5. The molecule has 2 amide bonds. The lowest BCUT2D eigenvalue weighted by atomic mass is 10.1.